The normalized spacial score (nSPS) is 14.5. The summed E-state index contributed by atoms with van der Waals surface area (Å²) in [6.45, 7) is 0.640. The van der Waals surface area contributed by atoms with Crippen molar-refractivity contribution in [3.63, 3.8) is 0 Å². The largest absolute Gasteiger partial charge is 0.490 e. The van der Waals surface area contributed by atoms with Crippen LogP contribution in [0.25, 0.3) is 22.3 Å². The Kier molecular flexibility index (Phi) is 9.76. The maximum atomic E-state index is 14.0. The van der Waals surface area contributed by atoms with Gasteiger partial charge in [-0.05, 0) is 24.5 Å². The monoisotopic (exact) mass is 689 g/mol. The Morgan fingerprint density at radius 1 is 1.08 bits per heavy atom. The van der Waals surface area contributed by atoms with Gasteiger partial charge in [0.2, 0.25) is 5.89 Å². The van der Waals surface area contributed by atoms with E-state index in [-0.39, 0.29) is 28.4 Å². The van der Waals surface area contributed by atoms with E-state index in [1.54, 1.807) is 18.8 Å². The number of carbonyl (C=O) groups is 1. The van der Waals surface area contributed by atoms with E-state index in [0.29, 0.717) is 35.0 Å². The molecule has 6 rings (SSSR count). The van der Waals surface area contributed by atoms with Gasteiger partial charge in [-0.15, -0.1) is 0 Å². The molecule has 3 heterocycles. The van der Waals surface area contributed by atoms with Gasteiger partial charge in [0.15, 0.2) is 21.9 Å². The van der Waals surface area contributed by atoms with Crippen molar-refractivity contribution in [3.05, 3.63) is 90.9 Å². The Bertz CT molecular complexity index is 2100. The minimum Gasteiger partial charge on any atom is -0.475 e. The molecule has 1 fully saturated rings. The molecule has 0 unspecified atom stereocenters. The van der Waals surface area contributed by atoms with E-state index in [4.69, 9.17) is 25.0 Å². The van der Waals surface area contributed by atoms with Gasteiger partial charge < -0.3 is 19.8 Å². The number of non-ortho nitro benzene ring substituents is 1. The minimum absolute atomic E-state index is 0.0899. The summed E-state index contributed by atoms with van der Waals surface area (Å²) in [4.78, 5) is 56.2. The molecule has 3 N–H and O–H groups in total. The van der Waals surface area contributed by atoms with Crippen LogP contribution in [0.2, 0.25) is 0 Å². The van der Waals surface area contributed by atoms with Crippen LogP contribution in [0.4, 0.5) is 18.9 Å². The molecule has 1 saturated carbocycles. The molecular formula is C30H30F3N7O7S. The lowest BCUT2D eigenvalue weighted by atomic mass is 9.88. The lowest BCUT2D eigenvalue weighted by Crippen LogP contribution is -2.40. The molecule has 2 aromatic carbocycles. The van der Waals surface area contributed by atoms with Crippen LogP contribution in [0.3, 0.4) is 0 Å². The van der Waals surface area contributed by atoms with Gasteiger partial charge in [0, 0.05) is 30.5 Å². The Hall–Kier alpha value is -4.97. The Labute approximate surface area is 273 Å². The van der Waals surface area contributed by atoms with Crippen molar-refractivity contribution >= 4 is 45.7 Å². The van der Waals surface area contributed by atoms with Crippen molar-refractivity contribution in [1.82, 2.24) is 23.7 Å². The number of aryl methyl sites for hydroxylation is 1. The number of fused-ring (bicyclic) bond motifs is 2. The third-order valence-corrected chi connectivity index (χ3v) is 9.49. The van der Waals surface area contributed by atoms with Gasteiger partial charge in [-0.1, -0.05) is 61.4 Å². The second kappa shape index (κ2) is 13.6. The second-order valence-electron chi connectivity index (χ2n) is 11.2. The number of imidazole rings is 1. The number of rotatable bonds is 8. The second-order valence-corrected chi connectivity index (χ2v) is 12.7. The topological polar surface area (TPSA) is 194 Å². The number of hydrogen-bond donors (Lipinski definition) is 2. The first-order valence-electron chi connectivity index (χ1n) is 14.7. The third kappa shape index (κ3) is 7.13. The average Bonchev–Trinajstić information content (AvgIpc) is 3.63. The number of halogens is 3. The van der Waals surface area contributed by atoms with Crippen LogP contribution < -0.4 is 17.0 Å². The number of alkyl halides is 3. The highest BCUT2D eigenvalue weighted by atomic mass is 32.2. The van der Waals surface area contributed by atoms with E-state index >= 15 is 0 Å². The molecule has 18 heteroatoms. The van der Waals surface area contributed by atoms with E-state index < -0.39 is 28.3 Å². The molecule has 0 aliphatic heterocycles. The maximum Gasteiger partial charge on any atom is 0.490 e. The molecule has 0 amide bonds. The number of nitrogens with zero attached hydrogens (tertiary/aromatic N) is 6. The highest BCUT2D eigenvalue weighted by Crippen LogP contribution is 2.43. The summed E-state index contributed by atoms with van der Waals surface area (Å²) in [5.41, 5.74) is 7.26. The molecule has 0 atom stereocenters. The van der Waals surface area contributed by atoms with Crippen molar-refractivity contribution in [3.8, 4) is 0 Å². The van der Waals surface area contributed by atoms with Gasteiger partial charge in [-0.3, -0.25) is 19.5 Å². The summed E-state index contributed by atoms with van der Waals surface area (Å²) >= 11 is 1.60. The van der Waals surface area contributed by atoms with Crippen LogP contribution in [0.5, 0.6) is 0 Å². The number of hydrogen-bond acceptors (Lipinski definition) is 10. The lowest BCUT2D eigenvalue weighted by Gasteiger charge is -2.35. The van der Waals surface area contributed by atoms with E-state index in [1.807, 2.05) is 34.9 Å². The standard InChI is InChI=1S/C28H29N7O5S.C2HF3O2/c1-32-24-23(25(36)34(27(32)37)16-22-30-20-14-19(35(38)39)10-11-21(20)40-22)33(15-18-8-4-2-5-9-18)26(31-24)41-28(17-29)12-6-3-7-13-28;3-2(4,5)1(6)7/h2,4-5,8-11,14H,3,6-7,12-13,15-17,29H2,1H3;(H,6,7). The highest BCUT2D eigenvalue weighted by Gasteiger charge is 2.38. The molecule has 0 bridgehead atoms. The molecule has 5 aromatic rings. The molecule has 0 radical (unpaired) electrons. The van der Waals surface area contributed by atoms with Crippen molar-refractivity contribution in [2.75, 3.05) is 6.54 Å². The minimum atomic E-state index is -5.08. The van der Waals surface area contributed by atoms with Crippen LogP contribution >= 0.6 is 11.8 Å². The van der Waals surface area contributed by atoms with Gasteiger partial charge >= 0.3 is 17.8 Å². The smallest absolute Gasteiger partial charge is 0.475 e. The Morgan fingerprint density at radius 3 is 2.35 bits per heavy atom. The van der Waals surface area contributed by atoms with Crippen LogP contribution in [-0.4, -0.2) is 57.1 Å². The van der Waals surface area contributed by atoms with Gasteiger partial charge in [0.1, 0.15) is 12.1 Å². The summed E-state index contributed by atoms with van der Waals surface area (Å²) in [7, 11) is 1.59. The fourth-order valence-corrected chi connectivity index (χ4v) is 6.86. The molecule has 3 aromatic heterocycles. The van der Waals surface area contributed by atoms with Gasteiger partial charge in [-0.2, -0.15) is 13.2 Å². The van der Waals surface area contributed by atoms with E-state index in [1.165, 1.54) is 29.2 Å². The van der Waals surface area contributed by atoms with E-state index in [9.17, 15) is 32.9 Å². The molecule has 14 nitrogen and oxygen atoms in total. The van der Waals surface area contributed by atoms with Crippen molar-refractivity contribution in [1.29, 1.82) is 0 Å². The van der Waals surface area contributed by atoms with Crippen LogP contribution in [0, 0.1) is 10.1 Å². The number of nitrogens with two attached hydrogens (primary N) is 1. The predicted octanol–water partition coefficient (Wildman–Crippen LogP) is 4.43. The summed E-state index contributed by atoms with van der Waals surface area (Å²) in [5, 5.41) is 18.9. The highest BCUT2D eigenvalue weighted by molar-refractivity contribution is 8.00. The van der Waals surface area contributed by atoms with Gasteiger partial charge in [0.25, 0.3) is 11.2 Å². The first-order valence-corrected chi connectivity index (χ1v) is 15.5. The van der Waals surface area contributed by atoms with Crippen LogP contribution in [0.1, 0.15) is 43.6 Å². The SMILES string of the molecule is Cn1c(=O)n(Cc2nc3cc([N+](=O)[O-])ccc3o2)c(=O)c2c1nc(SC1(CN)CCCCC1)n2Cc1ccccc1.O=C(O)C(F)(F)F. The van der Waals surface area contributed by atoms with Crippen molar-refractivity contribution < 1.29 is 32.4 Å². The van der Waals surface area contributed by atoms with E-state index in [0.717, 1.165) is 35.8 Å². The zero-order chi connectivity index (χ0) is 34.8. The fourth-order valence-electron chi connectivity index (χ4n) is 5.50. The summed E-state index contributed by atoms with van der Waals surface area (Å²) in [6, 6.07) is 13.8. The lowest BCUT2D eigenvalue weighted by molar-refractivity contribution is -0.384. The molecule has 48 heavy (non-hydrogen) atoms. The van der Waals surface area contributed by atoms with Crippen molar-refractivity contribution in [2.24, 2.45) is 12.8 Å². The molecule has 0 spiro atoms. The number of aromatic nitrogens is 5. The number of carboxylic acid groups (broad SMARTS) is 1. The zero-order valence-electron chi connectivity index (χ0n) is 25.5. The number of carboxylic acids is 1. The third-order valence-electron chi connectivity index (χ3n) is 7.99. The molecule has 1 aliphatic carbocycles. The van der Waals surface area contributed by atoms with Crippen LogP contribution in [0.15, 0.2) is 67.7 Å². The number of benzene rings is 2. The van der Waals surface area contributed by atoms with Crippen LogP contribution in [-0.2, 0) is 24.9 Å². The van der Waals surface area contributed by atoms with Crippen molar-refractivity contribution in [2.45, 2.75) is 61.3 Å². The molecule has 254 valence electrons. The Morgan fingerprint density at radius 2 is 1.75 bits per heavy atom. The number of oxazole rings is 1. The number of nitro benzene ring substituents is 1. The number of nitro groups is 1. The molecule has 1 aliphatic rings. The average molecular weight is 690 g/mol. The summed E-state index contributed by atoms with van der Waals surface area (Å²) in [6.07, 6.45) is 0.179. The Balaban J connectivity index is 0.000000582. The van der Waals surface area contributed by atoms with E-state index in [2.05, 4.69) is 4.98 Å². The number of thioether (sulfide) groups is 1. The number of aliphatic carboxylic acids is 1. The fraction of sp³-hybridized carbons (Fsp3) is 0.367. The van der Waals surface area contributed by atoms with Gasteiger partial charge in [0.05, 0.1) is 11.5 Å². The first kappa shape index (κ1) is 34.4. The predicted molar refractivity (Wildman–Crippen MR) is 169 cm³/mol. The quantitative estimate of drug-likeness (QED) is 0.173. The van der Waals surface area contributed by atoms with Gasteiger partial charge in [-0.25, -0.2) is 24.1 Å². The molecular weight excluding hydrogens is 659 g/mol. The summed E-state index contributed by atoms with van der Waals surface area (Å²) in [5.74, 6) is -2.67. The molecule has 0 saturated heterocycles. The zero-order valence-corrected chi connectivity index (χ0v) is 26.3. The first-order chi connectivity index (χ1) is 22.7. The summed E-state index contributed by atoms with van der Waals surface area (Å²) < 4.78 is 41.6. The maximum absolute atomic E-state index is 14.0.